The number of halogens is 1. The first-order valence-electron chi connectivity index (χ1n) is 6.87. The van der Waals surface area contributed by atoms with Crippen LogP contribution in [0.1, 0.15) is 12.0 Å². The SMILES string of the molecule is NC(=O)CSCCC(=O)N=c1sccn1Cc1ccccc1F. The Balaban J connectivity index is 2.01. The van der Waals surface area contributed by atoms with Gasteiger partial charge in [-0.25, -0.2) is 4.39 Å². The Morgan fingerprint density at radius 1 is 1.35 bits per heavy atom. The average Bonchev–Trinajstić information content (AvgIpc) is 2.93. The molecule has 0 aliphatic heterocycles. The summed E-state index contributed by atoms with van der Waals surface area (Å²) in [5, 5.41) is 1.80. The first-order chi connectivity index (χ1) is 11.1. The molecule has 122 valence electrons. The lowest BCUT2D eigenvalue weighted by Crippen LogP contribution is -2.18. The number of carbonyl (C=O) groups excluding carboxylic acids is 2. The number of primary amides is 1. The Bertz CT molecular complexity index is 755. The minimum Gasteiger partial charge on any atom is -0.369 e. The standard InChI is InChI=1S/C15H16FN3O2S2/c16-12-4-2-1-3-11(12)9-19-6-8-23-15(19)18-14(21)5-7-22-10-13(17)20/h1-4,6,8H,5,7,9-10H2,(H2,17,20). The van der Waals surface area contributed by atoms with E-state index in [0.717, 1.165) is 0 Å². The highest BCUT2D eigenvalue weighted by Crippen LogP contribution is 2.08. The molecule has 0 bridgehead atoms. The zero-order valence-corrected chi connectivity index (χ0v) is 13.9. The van der Waals surface area contributed by atoms with Gasteiger partial charge in [-0.2, -0.15) is 16.8 Å². The first kappa shape index (κ1) is 17.4. The second-order valence-corrected chi connectivity index (χ2v) is 6.66. The lowest BCUT2D eigenvalue weighted by atomic mass is 10.2. The molecule has 0 radical (unpaired) electrons. The molecule has 0 spiro atoms. The Morgan fingerprint density at radius 2 is 2.13 bits per heavy atom. The van der Waals surface area contributed by atoms with E-state index in [1.807, 2.05) is 0 Å². The van der Waals surface area contributed by atoms with Crippen LogP contribution in [-0.2, 0) is 16.1 Å². The molecule has 0 saturated carbocycles. The molecule has 0 saturated heterocycles. The third-order valence-electron chi connectivity index (χ3n) is 2.88. The Hall–Kier alpha value is -1.93. The number of nitrogens with two attached hydrogens (primary N) is 1. The number of nitrogens with zero attached hydrogens (tertiary/aromatic N) is 2. The van der Waals surface area contributed by atoms with Crippen LogP contribution in [0.15, 0.2) is 40.8 Å². The number of benzene rings is 1. The van der Waals surface area contributed by atoms with Crippen LogP contribution in [0.5, 0.6) is 0 Å². The van der Waals surface area contributed by atoms with E-state index < -0.39 is 5.91 Å². The van der Waals surface area contributed by atoms with Gasteiger partial charge in [0.05, 0.1) is 12.3 Å². The normalized spacial score (nSPS) is 11.6. The van der Waals surface area contributed by atoms with Gasteiger partial charge >= 0.3 is 0 Å². The third kappa shape index (κ3) is 5.65. The van der Waals surface area contributed by atoms with Crippen molar-refractivity contribution in [3.8, 4) is 0 Å². The van der Waals surface area contributed by atoms with Crippen molar-refractivity contribution in [1.29, 1.82) is 0 Å². The van der Waals surface area contributed by atoms with Crippen LogP contribution in [-0.4, -0.2) is 27.9 Å². The van der Waals surface area contributed by atoms with Crippen LogP contribution in [0.3, 0.4) is 0 Å². The maximum atomic E-state index is 13.7. The minimum atomic E-state index is -0.402. The van der Waals surface area contributed by atoms with Crippen LogP contribution in [0.4, 0.5) is 4.39 Å². The highest BCUT2D eigenvalue weighted by atomic mass is 32.2. The molecular formula is C15H16FN3O2S2. The monoisotopic (exact) mass is 353 g/mol. The summed E-state index contributed by atoms with van der Waals surface area (Å²) < 4.78 is 15.4. The fraction of sp³-hybridized carbons (Fsp3) is 0.267. The summed E-state index contributed by atoms with van der Waals surface area (Å²) in [5.74, 6) is -0.276. The third-order valence-corrected chi connectivity index (χ3v) is 4.66. The lowest BCUT2D eigenvalue weighted by Gasteiger charge is -2.04. The summed E-state index contributed by atoms with van der Waals surface area (Å²) in [6.45, 7) is 0.318. The van der Waals surface area contributed by atoms with E-state index in [0.29, 0.717) is 22.7 Å². The molecule has 8 heteroatoms. The summed E-state index contributed by atoms with van der Waals surface area (Å²) in [4.78, 5) is 27.0. The largest absolute Gasteiger partial charge is 0.369 e. The van der Waals surface area contributed by atoms with Crippen LogP contribution in [0.25, 0.3) is 0 Å². The number of thioether (sulfide) groups is 1. The van der Waals surface area contributed by atoms with Gasteiger partial charge in [0.25, 0.3) is 0 Å². The van der Waals surface area contributed by atoms with Crippen LogP contribution >= 0.6 is 23.1 Å². The van der Waals surface area contributed by atoms with E-state index in [2.05, 4.69) is 4.99 Å². The average molecular weight is 353 g/mol. The molecule has 23 heavy (non-hydrogen) atoms. The van der Waals surface area contributed by atoms with Crippen molar-refractivity contribution in [2.75, 3.05) is 11.5 Å². The number of thiazole rings is 1. The van der Waals surface area contributed by atoms with E-state index in [4.69, 9.17) is 5.73 Å². The molecule has 0 aliphatic rings. The molecule has 2 amide bonds. The molecule has 1 heterocycles. The van der Waals surface area contributed by atoms with Crippen molar-refractivity contribution in [3.05, 3.63) is 52.0 Å². The number of rotatable bonds is 7. The summed E-state index contributed by atoms with van der Waals surface area (Å²) in [7, 11) is 0. The van der Waals surface area contributed by atoms with E-state index >= 15 is 0 Å². The maximum Gasteiger partial charge on any atom is 0.249 e. The number of carbonyl (C=O) groups is 2. The number of amides is 2. The van der Waals surface area contributed by atoms with Gasteiger partial charge in [0.2, 0.25) is 11.8 Å². The van der Waals surface area contributed by atoms with Gasteiger partial charge in [0, 0.05) is 29.3 Å². The summed E-state index contributed by atoms with van der Waals surface area (Å²) in [6.07, 6.45) is 2.00. The summed E-state index contributed by atoms with van der Waals surface area (Å²) in [5.41, 5.74) is 5.56. The quantitative estimate of drug-likeness (QED) is 0.771. The van der Waals surface area contributed by atoms with Crippen LogP contribution in [0, 0.1) is 5.82 Å². The van der Waals surface area contributed by atoms with E-state index in [9.17, 15) is 14.0 Å². The number of aromatic nitrogens is 1. The summed E-state index contributed by atoms with van der Waals surface area (Å²) in [6, 6.07) is 6.51. The smallest absolute Gasteiger partial charge is 0.249 e. The van der Waals surface area contributed by atoms with Gasteiger partial charge in [-0.3, -0.25) is 9.59 Å². The van der Waals surface area contributed by atoms with Crippen molar-refractivity contribution < 1.29 is 14.0 Å². The van der Waals surface area contributed by atoms with Crippen molar-refractivity contribution in [2.24, 2.45) is 10.7 Å². The van der Waals surface area contributed by atoms with Gasteiger partial charge in [-0.1, -0.05) is 18.2 Å². The van der Waals surface area contributed by atoms with E-state index in [1.54, 1.807) is 34.3 Å². The molecule has 2 rings (SSSR count). The fourth-order valence-corrected chi connectivity index (χ4v) is 3.22. The molecular weight excluding hydrogens is 337 g/mol. The predicted octanol–water partition coefficient (Wildman–Crippen LogP) is 1.77. The topological polar surface area (TPSA) is 77.5 Å². The maximum absolute atomic E-state index is 13.7. The molecule has 0 aliphatic carbocycles. The highest BCUT2D eigenvalue weighted by molar-refractivity contribution is 7.99. The number of hydrogen-bond donors (Lipinski definition) is 1. The molecule has 5 nitrogen and oxygen atoms in total. The molecule has 0 unspecified atom stereocenters. The lowest BCUT2D eigenvalue weighted by molar-refractivity contribution is -0.118. The summed E-state index contributed by atoms with van der Waals surface area (Å²) >= 11 is 2.62. The van der Waals surface area contributed by atoms with Gasteiger partial charge < -0.3 is 10.3 Å². The molecule has 1 aromatic carbocycles. The van der Waals surface area contributed by atoms with Crippen LogP contribution in [0.2, 0.25) is 0 Å². The van der Waals surface area contributed by atoms with Gasteiger partial charge in [0.15, 0.2) is 4.80 Å². The molecule has 1 aromatic heterocycles. The molecule has 2 aromatic rings. The van der Waals surface area contributed by atoms with Crippen molar-refractivity contribution in [1.82, 2.24) is 4.57 Å². The first-order valence-corrected chi connectivity index (χ1v) is 8.90. The second-order valence-electron chi connectivity index (χ2n) is 4.68. The molecule has 0 atom stereocenters. The zero-order valence-electron chi connectivity index (χ0n) is 12.3. The van der Waals surface area contributed by atoms with Gasteiger partial charge in [0.1, 0.15) is 5.82 Å². The van der Waals surface area contributed by atoms with E-state index in [-0.39, 0.29) is 23.9 Å². The molecule has 0 fully saturated rings. The van der Waals surface area contributed by atoms with Gasteiger partial charge in [-0.05, 0) is 6.07 Å². The zero-order chi connectivity index (χ0) is 16.7. The van der Waals surface area contributed by atoms with Crippen molar-refractivity contribution in [3.63, 3.8) is 0 Å². The number of hydrogen-bond acceptors (Lipinski definition) is 4. The Labute approximate surface area is 141 Å². The van der Waals surface area contributed by atoms with Crippen molar-refractivity contribution in [2.45, 2.75) is 13.0 Å². The minimum absolute atomic E-state index is 0.194. The highest BCUT2D eigenvalue weighted by Gasteiger charge is 2.05. The Morgan fingerprint density at radius 3 is 2.87 bits per heavy atom. The van der Waals surface area contributed by atoms with E-state index in [1.165, 1.54) is 29.2 Å². The van der Waals surface area contributed by atoms with Crippen LogP contribution < -0.4 is 10.5 Å². The van der Waals surface area contributed by atoms with Gasteiger partial charge in [-0.15, -0.1) is 11.3 Å². The molecule has 2 N–H and O–H groups in total. The Kier molecular flexibility index (Phi) is 6.54. The predicted molar refractivity (Wildman–Crippen MR) is 89.5 cm³/mol. The second kappa shape index (κ2) is 8.64. The van der Waals surface area contributed by atoms with Crippen molar-refractivity contribution >= 4 is 34.9 Å². The fourth-order valence-electron chi connectivity index (χ4n) is 1.81.